The minimum atomic E-state index is -0.843. The van der Waals surface area contributed by atoms with Crippen molar-refractivity contribution >= 4 is 11.9 Å². The maximum absolute atomic E-state index is 11.9. The second kappa shape index (κ2) is 7.36. The molecule has 0 radical (unpaired) electrons. The lowest BCUT2D eigenvalue weighted by Gasteiger charge is -2.27. The van der Waals surface area contributed by atoms with E-state index < -0.39 is 11.9 Å². The summed E-state index contributed by atoms with van der Waals surface area (Å²) >= 11 is 0. The molecule has 1 saturated carbocycles. The minimum Gasteiger partial charge on any atom is -0.481 e. The maximum atomic E-state index is 11.9. The molecule has 5 heteroatoms. The van der Waals surface area contributed by atoms with Gasteiger partial charge in [0.15, 0.2) is 0 Å². The number of aliphatic carboxylic acids is 1. The second-order valence-electron chi connectivity index (χ2n) is 5.14. The van der Waals surface area contributed by atoms with Crippen LogP contribution in [0, 0.1) is 17.8 Å². The summed E-state index contributed by atoms with van der Waals surface area (Å²) in [6.07, 6.45) is 4.29. The molecule has 0 aromatic carbocycles. The number of carbonyl (C=O) groups is 2. The number of carboxylic acids is 1. The molecular formula is C13H24N2O3. The van der Waals surface area contributed by atoms with Crippen LogP contribution in [0.15, 0.2) is 0 Å². The van der Waals surface area contributed by atoms with Crippen LogP contribution >= 0.6 is 0 Å². The highest BCUT2D eigenvalue weighted by atomic mass is 16.4. The lowest BCUT2D eigenvalue weighted by molar-refractivity contribution is -0.141. The van der Waals surface area contributed by atoms with Crippen molar-refractivity contribution in [2.24, 2.45) is 23.5 Å². The number of nitrogens with one attached hydrogen (secondary N) is 1. The van der Waals surface area contributed by atoms with Gasteiger partial charge in [0, 0.05) is 12.5 Å². The monoisotopic (exact) mass is 256 g/mol. The van der Waals surface area contributed by atoms with Gasteiger partial charge in [0.05, 0.1) is 5.92 Å². The SMILES string of the molecule is CCC(CNC(=O)C1CCC(CN)CC1)C(=O)O. The molecule has 1 amide bonds. The molecule has 0 aromatic heterocycles. The van der Waals surface area contributed by atoms with Gasteiger partial charge in [-0.15, -0.1) is 0 Å². The normalized spacial score (nSPS) is 25.4. The van der Waals surface area contributed by atoms with Crippen molar-refractivity contribution in [1.29, 1.82) is 0 Å². The quantitative estimate of drug-likeness (QED) is 0.660. The lowest BCUT2D eigenvalue weighted by Crippen LogP contribution is -2.38. The van der Waals surface area contributed by atoms with Crippen molar-refractivity contribution in [3.05, 3.63) is 0 Å². The van der Waals surface area contributed by atoms with Gasteiger partial charge >= 0.3 is 5.97 Å². The molecule has 5 nitrogen and oxygen atoms in total. The molecule has 18 heavy (non-hydrogen) atoms. The van der Waals surface area contributed by atoms with Gasteiger partial charge in [-0.1, -0.05) is 6.92 Å². The summed E-state index contributed by atoms with van der Waals surface area (Å²) in [6, 6.07) is 0. The predicted octanol–water partition coefficient (Wildman–Crippen LogP) is 0.979. The van der Waals surface area contributed by atoms with Crippen molar-refractivity contribution in [2.75, 3.05) is 13.1 Å². The van der Waals surface area contributed by atoms with Crippen LogP contribution in [0.4, 0.5) is 0 Å². The summed E-state index contributed by atoms with van der Waals surface area (Å²) < 4.78 is 0. The van der Waals surface area contributed by atoms with Gasteiger partial charge in [-0.2, -0.15) is 0 Å². The number of rotatable bonds is 6. The molecule has 1 aliphatic carbocycles. The molecule has 0 aliphatic heterocycles. The van der Waals surface area contributed by atoms with Gasteiger partial charge in [0.1, 0.15) is 0 Å². The van der Waals surface area contributed by atoms with Crippen molar-refractivity contribution in [1.82, 2.24) is 5.32 Å². The van der Waals surface area contributed by atoms with E-state index in [-0.39, 0.29) is 18.4 Å². The third kappa shape index (κ3) is 4.29. The molecule has 1 unspecified atom stereocenters. The van der Waals surface area contributed by atoms with Crippen LogP contribution in [0.3, 0.4) is 0 Å². The summed E-state index contributed by atoms with van der Waals surface area (Å²) in [4.78, 5) is 22.7. The minimum absolute atomic E-state index is 0.00479. The highest BCUT2D eigenvalue weighted by Crippen LogP contribution is 2.28. The highest BCUT2D eigenvalue weighted by Gasteiger charge is 2.26. The Morgan fingerprint density at radius 1 is 1.33 bits per heavy atom. The Balaban J connectivity index is 2.31. The van der Waals surface area contributed by atoms with Crippen LogP contribution in [-0.2, 0) is 9.59 Å². The van der Waals surface area contributed by atoms with E-state index in [2.05, 4.69) is 5.32 Å². The Hall–Kier alpha value is -1.10. The number of amides is 1. The smallest absolute Gasteiger partial charge is 0.308 e. The molecule has 0 saturated heterocycles. The fraction of sp³-hybridized carbons (Fsp3) is 0.846. The van der Waals surface area contributed by atoms with Crippen LogP contribution in [0.2, 0.25) is 0 Å². The van der Waals surface area contributed by atoms with Gasteiger partial charge in [-0.3, -0.25) is 9.59 Å². The van der Waals surface area contributed by atoms with E-state index in [0.717, 1.165) is 25.7 Å². The summed E-state index contributed by atoms with van der Waals surface area (Å²) in [5, 5.41) is 11.7. The fourth-order valence-electron chi connectivity index (χ4n) is 2.43. The molecule has 0 bridgehead atoms. The van der Waals surface area contributed by atoms with Crippen LogP contribution in [-0.4, -0.2) is 30.1 Å². The predicted molar refractivity (Wildman–Crippen MR) is 68.9 cm³/mol. The zero-order valence-electron chi connectivity index (χ0n) is 11.0. The van der Waals surface area contributed by atoms with Crippen LogP contribution < -0.4 is 11.1 Å². The maximum Gasteiger partial charge on any atom is 0.308 e. The molecular weight excluding hydrogens is 232 g/mol. The molecule has 1 fully saturated rings. The van der Waals surface area contributed by atoms with Crippen molar-refractivity contribution in [2.45, 2.75) is 39.0 Å². The van der Waals surface area contributed by atoms with Gasteiger partial charge < -0.3 is 16.2 Å². The van der Waals surface area contributed by atoms with Gasteiger partial charge in [-0.05, 0) is 44.6 Å². The van der Waals surface area contributed by atoms with Crippen molar-refractivity contribution in [3.8, 4) is 0 Å². The van der Waals surface area contributed by atoms with Gasteiger partial charge in [0.25, 0.3) is 0 Å². The molecule has 0 spiro atoms. The number of hydrogen-bond donors (Lipinski definition) is 3. The third-order valence-corrected chi connectivity index (χ3v) is 3.92. The molecule has 1 atom stereocenters. The first kappa shape index (κ1) is 15.0. The Kier molecular flexibility index (Phi) is 6.12. The summed E-state index contributed by atoms with van der Waals surface area (Å²) in [7, 11) is 0. The molecule has 1 aliphatic rings. The Bertz CT molecular complexity index is 286. The van der Waals surface area contributed by atoms with E-state index in [1.54, 1.807) is 0 Å². The van der Waals surface area contributed by atoms with E-state index in [4.69, 9.17) is 10.8 Å². The average molecular weight is 256 g/mol. The first-order chi connectivity index (χ1) is 8.58. The van der Waals surface area contributed by atoms with Crippen LogP contribution in [0.25, 0.3) is 0 Å². The van der Waals surface area contributed by atoms with Crippen molar-refractivity contribution < 1.29 is 14.7 Å². The van der Waals surface area contributed by atoms with Crippen molar-refractivity contribution in [3.63, 3.8) is 0 Å². The standard InChI is InChI=1S/C13H24N2O3/c1-2-10(13(17)18)8-15-12(16)11-5-3-9(7-14)4-6-11/h9-11H,2-8,14H2,1H3,(H,15,16)(H,17,18). The topological polar surface area (TPSA) is 92.4 Å². The fourth-order valence-corrected chi connectivity index (χ4v) is 2.43. The highest BCUT2D eigenvalue weighted by molar-refractivity contribution is 5.79. The van der Waals surface area contributed by atoms with Gasteiger partial charge in [-0.25, -0.2) is 0 Å². The van der Waals surface area contributed by atoms with E-state index >= 15 is 0 Å². The zero-order chi connectivity index (χ0) is 13.5. The second-order valence-corrected chi connectivity index (χ2v) is 5.14. The Morgan fingerprint density at radius 3 is 2.39 bits per heavy atom. The zero-order valence-corrected chi connectivity index (χ0v) is 11.0. The van der Waals surface area contributed by atoms with E-state index in [0.29, 0.717) is 18.9 Å². The molecule has 0 heterocycles. The number of carbonyl (C=O) groups excluding carboxylic acids is 1. The number of carboxylic acid groups (broad SMARTS) is 1. The van der Waals surface area contributed by atoms with E-state index in [1.807, 2.05) is 6.92 Å². The first-order valence-corrected chi connectivity index (χ1v) is 6.79. The summed E-state index contributed by atoms with van der Waals surface area (Å²) in [5.74, 6) is -0.722. The lowest BCUT2D eigenvalue weighted by atomic mass is 9.81. The van der Waals surface area contributed by atoms with Crippen LogP contribution in [0.5, 0.6) is 0 Å². The summed E-state index contributed by atoms with van der Waals surface area (Å²) in [5.41, 5.74) is 5.61. The number of hydrogen-bond acceptors (Lipinski definition) is 3. The number of nitrogens with two attached hydrogens (primary N) is 1. The molecule has 104 valence electrons. The average Bonchev–Trinajstić information content (AvgIpc) is 2.39. The molecule has 0 aromatic rings. The third-order valence-electron chi connectivity index (χ3n) is 3.92. The van der Waals surface area contributed by atoms with E-state index in [1.165, 1.54) is 0 Å². The van der Waals surface area contributed by atoms with E-state index in [9.17, 15) is 9.59 Å². The summed E-state index contributed by atoms with van der Waals surface area (Å²) in [6.45, 7) is 2.75. The van der Waals surface area contributed by atoms with Crippen LogP contribution in [0.1, 0.15) is 39.0 Å². The largest absolute Gasteiger partial charge is 0.481 e. The Labute approximate surface area is 108 Å². The first-order valence-electron chi connectivity index (χ1n) is 6.79. The molecule has 4 N–H and O–H groups in total. The molecule has 1 rings (SSSR count). The van der Waals surface area contributed by atoms with Gasteiger partial charge in [0.2, 0.25) is 5.91 Å². The Morgan fingerprint density at radius 2 is 1.94 bits per heavy atom.